The number of ether oxygens (including phenoxy) is 1. The summed E-state index contributed by atoms with van der Waals surface area (Å²) in [6.45, 7) is 0.275. The molecule has 0 aliphatic carbocycles. The molecule has 0 heterocycles. The number of methoxy groups -OCH3 is 1. The van der Waals surface area contributed by atoms with E-state index in [1.807, 2.05) is 0 Å². The molecule has 0 amide bonds. The van der Waals surface area contributed by atoms with E-state index in [0.717, 1.165) is 0 Å². The molecule has 0 aliphatic rings. The van der Waals surface area contributed by atoms with Crippen molar-refractivity contribution in [2.45, 2.75) is 18.9 Å². The minimum atomic E-state index is -0.691. The second-order valence-electron chi connectivity index (χ2n) is 2.92. The molecule has 0 saturated carbocycles. The lowest BCUT2D eigenvalue weighted by Gasteiger charge is -2.07. The van der Waals surface area contributed by atoms with Crippen LogP contribution < -0.4 is 16.9 Å². The molecule has 0 saturated heterocycles. The van der Waals surface area contributed by atoms with Gasteiger partial charge in [-0.3, -0.25) is 4.79 Å². The fourth-order valence-corrected chi connectivity index (χ4v) is 0.913. The van der Waals surface area contributed by atoms with E-state index in [1.54, 1.807) is 5.43 Å². The summed E-state index contributed by atoms with van der Waals surface area (Å²) < 4.78 is 4.42. The molecule has 0 aliphatic heterocycles. The third kappa shape index (κ3) is 6.54. The van der Waals surface area contributed by atoms with Crippen LogP contribution in [0.2, 0.25) is 0 Å². The Hall–Kier alpha value is -1.90. The maximum absolute atomic E-state index is 10.9. The van der Waals surface area contributed by atoms with Gasteiger partial charge in [0, 0.05) is 6.54 Å². The molecule has 0 aromatic heterocycles. The van der Waals surface area contributed by atoms with E-state index in [-0.39, 0.29) is 12.5 Å². The smallest absolute Gasteiger partial charge is 0.362 e. The molecule has 0 spiro atoms. The van der Waals surface area contributed by atoms with Gasteiger partial charge < -0.3 is 16.2 Å². The first-order valence-electron chi connectivity index (χ1n) is 4.53. The molecule has 0 rings (SSSR count). The average Bonchev–Trinajstić information content (AvgIpc) is 2.21. The summed E-state index contributed by atoms with van der Waals surface area (Å²) in [5, 5.41) is 7.64. The van der Waals surface area contributed by atoms with Crippen molar-refractivity contribution in [3.05, 3.63) is 4.91 Å². The Morgan fingerprint density at radius 3 is 2.81 bits per heavy atom. The molecule has 0 unspecified atom stereocenters. The number of nitrogens with one attached hydrogen (secondary N) is 1. The largest absolute Gasteiger partial charge is 0.468 e. The Labute approximate surface area is 92.0 Å². The molecule has 0 bridgehead atoms. The van der Waals surface area contributed by atoms with Crippen molar-refractivity contribution in [1.29, 1.82) is 0 Å². The van der Waals surface area contributed by atoms with E-state index in [2.05, 4.69) is 9.73 Å². The predicted octanol–water partition coefficient (Wildman–Crippen LogP) is -1.75. The van der Waals surface area contributed by atoms with Crippen LogP contribution in [-0.2, 0) is 9.53 Å². The van der Waals surface area contributed by atoms with Crippen LogP contribution in [-0.4, -0.2) is 41.9 Å². The van der Waals surface area contributed by atoms with Gasteiger partial charge >= 0.3 is 11.0 Å². The van der Waals surface area contributed by atoms with Crippen molar-refractivity contribution < 1.29 is 19.8 Å². The van der Waals surface area contributed by atoms with Crippen LogP contribution in [0.3, 0.4) is 0 Å². The van der Waals surface area contributed by atoms with E-state index in [4.69, 9.17) is 16.7 Å². The van der Waals surface area contributed by atoms with Gasteiger partial charge in [0.1, 0.15) is 10.9 Å². The summed E-state index contributed by atoms with van der Waals surface area (Å²) in [6.07, 6.45) is 0.895. The van der Waals surface area contributed by atoms with Crippen molar-refractivity contribution in [3.63, 3.8) is 0 Å². The third-order valence-electron chi connectivity index (χ3n) is 1.67. The summed E-state index contributed by atoms with van der Waals surface area (Å²) in [6, 6.07) is -0.691. The number of guanidine groups is 1. The van der Waals surface area contributed by atoms with E-state index in [9.17, 15) is 9.70 Å². The number of carbonyl (C=O) groups is 1. The standard InChI is InChI=1S/C7H16N5O4/c1-16-6(13)5(8)3-2-4-10-7(9)11-12(14)15/h5H,2-4,8H2,1H3,(H,14,15)(H3,9,10,11)/q+1/t5-/m1/s1. The molecule has 0 aromatic carbocycles. The first-order valence-corrected chi connectivity index (χ1v) is 4.53. The molecule has 9 nitrogen and oxygen atoms in total. The van der Waals surface area contributed by atoms with Crippen molar-refractivity contribution >= 4 is 11.9 Å². The highest BCUT2D eigenvalue weighted by atomic mass is 16.7. The van der Waals surface area contributed by atoms with Crippen LogP contribution in [0.25, 0.3) is 0 Å². The molecule has 16 heavy (non-hydrogen) atoms. The van der Waals surface area contributed by atoms with Crippen molar-refractivity contribution in [2.75, 3.05) is 13.7 Å². The molecule has 0 aromatic rings. The van der Waals surface area contributed by atoms with Gasteiger partial charge in [-0.2, -0.15) is 0 Å². The number of nitrogens with zero attached hydrogens (tertiary/aromatic N) is 2. The quantitative estimate of drug-likeness (QED) is 0.140. The van der Waals surface area contributed by atoms with Crippen LogP contribution in [0.5, 0.6) is 0 Å². The SMILES string of the molecule is COC(=O)[C@H](N)CCCN=C(N)N[N+](=O)O. The monoisotopic (exact) mass is 234 g/mol. The zero-order valence-corrected chi connectivity index (χ0v) is 8.92. The Balaban J connectivity index is 3.74. The molecule has 0 radical (unpaired) electrons. The van der Waals surface area contributed by atoms with Crippen molar-refractivity contribution in [1.82, 2.24) is 5.43 Å². The van der Waals surface area contributed by atoms with Gasteiger partial charge in [0.15, 0.2) is 0 Å². The van der Waals surface area contributed by atoms with Gasteiger partial charge in [0.25, 0.3) is 5.96 Å². The summed E-state index contributed by atoms with van der Waals surface area (Å²) >= 11 is 0. The van der Waals surface area contributed by atoms with Gasteiger partial charge in [-0.15, -0.1) is 0 Å². The summed E-state index contributed by atoms with van der Waals surface area (Å²) in [4.78, 5) is 24.6. The van der Waals surface area contributed by atoms with Crippen LogP contribution >= 0.6 is 0 Å². The number of nitrogens with two attached hydrogens (primary N) is 2. The van der Waals surface area contributed by atoms with E-state index >= 15 is 0 Å². The molecular weight excluding hydrogens is 218 g/mol. The number of rotatable bonds is 6. The van der Waals surface area contributed by atoms with Crippen LogP contribution in [0.4, 0.5) is 0 Å². The number of hydrogen-bond donors (Lipinski definition) is 4. The number of esters is 1. The normalized spacial score (nSPS) is 13.0. The summed E-state index contributed by atoms with van der Waals surface area (Å²) in [7, 11) is 1.26. The maximum Gasteiger partial charge on any atom is 0.362 e. The minimum absolute atomic E-state index is 0.218. The van der Waals surface area contributed by atoms with Crippen LogP contribution in [0, 0.1) is 4.91 Å². The van der Waals surface area contributed by atoms with Crippen LogP contribution in [0.15, 0.2) is 4.99 Å². The molecule has 92 valence electrons. The van der Waals surface area contributed by atoms with E-state index in [0.29, 0.717) is 12.8 Å². The van der Waals surface area contributed by atoms with Crippen molar-refractivity contribution in [2.24, 2.45) is 16.5 Å². The number of aliphatic imine (C=N–C) groups is 1. The second kappa shape index (κ2) is 7.40. The summed E-state index contributed by atoms with van der Waals surface area (Å²) in [5.74, 6) is -0.708. The lowest BCUT2D eigenvalue weighted by atomic mass is 10.2. The fraction of sp³-hybridized carbons (Fsp3) is 0.714. The Morgan fingerprint density at radius 2 is 2.31 bits per heavy atom. The topological polar surface area (TPSA) is 143 Å². The molecule has 6 N–H and O–H groups in total. The molecule has 1 atom stereocenters. The Kier molecular flexibility index (Phi) is 6.52. The highest BCUT2D eigenvalue weighted by molar-refractivity contribution is 5.76. The maximum atomic E-state index is 10.9. The van der Waals surface area contributed by atoms with Crippen molar-refractivity contribution in [3.8, 4) is 0 Å². The highest BCUT2D eigenvalue weighted by Crippen LogP contribution is 1.96. The van der Waals surface area contributed by atoms with Gasteiger partial charge in [0.05, 0.1) is 7.11 Å². The number of hydrazine groups is 1. The zero-order valence-electron chi connectivity index (χ0n) is 8.92. The Bertz CT molecular complexity index is 280. The minimum Gasteiger partial charge on any atom is -0.468 e. The van der Waals surface area contributed by atoms with Gasteiger partial charge in [-0.25, -0.2) is 10.2 Å². The molecule has 0 fully saturated rings. The lowest BCUT2D eigenvalue weighted by molar-refractivity contribution is -0.822. The number of carbonyl (C=O) groups excluding carboxylic acids is 1. The van der Waals surface area contributed by atoms with E-state index in [1.165, 1.54) is 7.11 Å². The van der Waals surface area contributed by atoms with Gasteiger partial charge in [-0.05, 0) is 18.3 Å². The number of hydrogen-bond acceptors (Lipinski definition) is 5. The van der Waals surface area contributed by atoms with E-state index < -0.39 is 17.0 Å². The zero-order chi connectivity index (χ0) is 12.6. The average molecular weight is 234 g/mol. The third-order valence-corrected chi connectivity index (χ3v) is 1.67. The Morgan fingerprint density at radius 1 is 1.69 bits per heavy atom. The highest BCUT2D eigenvalue weighted by Gasteiger charge is 2.12. The van der Waals surface area contributed by atoms with Gasteiger partial charge in [-0.1, -0.05) is 0 Å². The first-order chi connectivity index (χ1) is 7.47. The van der Waals surface area contributed by atoms with Gasteiger partial charge in [0.2, 0.25) is 0 Å². The lowest BCUT2D eigenvalue weighted by Crippen LogP contribution is -2.37. The first kappa shape index (κ1) is 14.1. The summed E-state index contributed by atoms with van der Waals surface area (Å²) in [5.41, 5.74) is 12.5. The molecule has 9 heteroatoms. The molecular formula is C7H16N5O4+. The predicted molar refractivity (Wildman–Crippen MR) is 54.3 cm³/mol. The van der Waals surface area contributed by atoms with Crippen LogP contribution in [0.1, 0.15) is 12.8 Å². The second-order valence-corrected chi connectivity index (χ2v) is 2.92. The fourth-order valence-electron chi connectivity index (χ4n) is 0.913.